The standard InChI is InChI=1S/C31H34N6O8/c1-19-6-9-25(45-19)29(31(39)32-17-22-5-4-12-42-22)37(21-8-11-24-27(16-21)44-14-13-43-24)28(38)18-36-34-30(33-35-36)20-7-10-23(40-2)26(15-20)41-3/h6-11,15-16,22,29H,4-5,12-14,17-18H2,1-3H3,(H,32,39)/t22-,29+/m0/s1. The van der Waals surface area contributed by atoms with Crippen molar-refractivity contribution in [1.29, 1.82) is 0 Å². The summed E-state index contributed by atoms with van der Waals surface area (Å²) in [4.78, 5) is 30.7. The molecule has 1 fully saturated rings. The molecule has 0 bridgehead atoms. The number of aryl methyl sites for hydroxylation is 1. The van der Waals surface area contributed by atoms with Crippen LogP contribution in [0, 0.1) is 6.92 Å². The van der Waals surface area contributed by atoms with Crippen molar-refractivity contribution >= 4 is 17.5 Å². The number of carbonyl (C=O) groups is 2. The molecule has 1 saturated heterocycles. The van der Waals surface area contributed by atoms with E-state index >= 15 is 0 Å². The Bertz CT molecular complexity index is 1660. The minimum atomic E-state index is -1.16. The summed E-state index contributed by atoms with van der Waals surface area (Å²) in [7, 11) is 3.08. The summed E-state index contributed by atoms with van der Waals surface area (Å²) in [5, 5.41) is 15.7. The van der Waals surface area contributed by atoms with E-state index in [-0.39, 0.29) is 24.2 Å². The summed E-state index contributed by atoms with van der Waals surface area (Å²) in [6.07, 6.45) is 1.68. The second kappa shape index (κ2) is 13.3. The lowest BCUT2D eigenvalue weighted by molar-refractivity contribution is -0.127. The monoisotopic (exact) mass is 618 g/mol. The van der Waals surface area contributed by atoms with E-state index in [1.54, 1.807) is 62.6 Å². The number of aromatic nitrogens is 4. The minimum absolute atomic E-state index is 0.0965. The average Bonchev–Trinajstić information content (AvgIpc) is 3.85. The van der Waals surface area contributed by atoms with Gasteiger partial charge in [-0.3, -0.25) is 14.5 Å². The van der Waals surface area contributed by atoms with Crippen LogP contribution in [-0.2, 0) is 20.9 Å². The molecule has 6 rings (SSSR count). The molecule has 2 aromatic carbocycles. The zero-order valence-corrected chi connectivity index (χ0v) is 25.2. The van der Waals surface area contributed by atoms with Crippen LogP contribution in [0.5, 0.6) is 23.0 Å². The average molecular weight is 619 g/mol. The molecule has 4 aromatic rings. The first-order valence-electron chi connectivity index (χ1n) is 14.6. The second-order valence-electron chi connectivity index (χ2n) is 10.5. The highest BCUT2D eigenvalue weighted by atomic mass is 16.6. The summed E-state index contributed by atoms with van der Waals surface area (Å²) >= 11 is 0. The lowest BCUT2D eigenvalue weighted by Gasteiger charge is -2.31. The number of tetrazole rings is 1. The third kappa shape index (κ3) is 6.55. The molecule has 45 heavy (non-hydrogen) atoms. The number of carbonyl (C=O) groups excluding carboxylic acids is 2. The number of benzene rings is 2. The number of ether oxygens (including phenoxy) is 5. The van der Waals surface area contributed by atoms with Gasteiger partial charge in [0.2, 0.25) is 5.82 Å². The normalized spacial score (nSPS) is 16.2. The number of rotatable bonds is 11. The number of methoxy groups -OCH3 is 2. The lowest BCUT2D eigenvalue weighted by Crippen LogP contribution is -2.46. The molecule has 0 unspecified atom stereocenters. The van der Waals surface area contributed by atoms with Gasteiger partial charge in [-0.15, -0.1) is 10.2 Å². The maximum atomic E-state index is 14.2. The van der Waals surface area contributed by atoms with E-state index in [4.69, 9.17) is 28.1 Å². The van der Waals surface area contributed by atoms with Gasteiger partial charge in [0.25, 0.3) is 11.8 Å². The van der Waals surface area contributed by atoms with E-state index in [1.807, 2.05) is 0 Å². The summed E-state index contributed by atoms with van der Waals surface area (Å²) in [5.74, 6) is 2.29. The zero-order valence-electron chi connectivity index (χ0n) is 25.2. The topological polar surface area (TPSA) is 152 Å². The molecule has 14 nitrogen and oxygen atoms in total. The molecule has 2 atom stereocenters. The SMILES string of the molecule is COc1ccc(-c2nnn(CC(=O)N(c3ccc4c(c3)OCCO4)[C@@H](C(=O)NC[C@@H]3CCCO3)c3ccc(C)o3)n2)cc1OC. The Balaban J connectivity index is 1.33. The van der Waals surface area contributed by atoms with Crippen LogP contribution in [0.25, 0.3) is 11.4 Å². The van der Waals surface area contributed by atoms with E-state index in [9.17, 15) is 9.59 Å². The number of amides is 2. The largest absolute Gasteiger partial charge is 0.493 e. The maximum absolute atomic E-state index is 14.2. The van der Waals surface area contributed by atoms with E-state index < -0.39 is 17.9 Å². The molecular formula is C31H34N6O8. The van der Waals surface area contributed by atoms with Gasteiger partial charge in [-0.25, -0.2) is 0 Å². The first-order chi connectivity index (χ1) is 21.9. The van der Waals surface area contributed by atoms with Crippen LogP contribution in [0.2, 0.25) is 0 Å². The molecule has 2 aliphatic heterocycles. The number of nitrogens with one attached hydrogen (secondary N) is 1. The fraction of sp³-hybridized carbons (Fsp3) is 0.387. The van der Waals surface area contributed by atoms with E-state index in [0.29, 0.717) is 66.4 Å². The molecule has 0 saturated carbocycles. The predicted molar refractivity (Wildman–Crippen MR) is 159 cm³/mol. The second-order valence-corrected chi connectivity index (χ2v) is 10.5. The van der Waals surface area contributed by atoms with E-state index in [1.165, 1.54) is 16.8 Å². The number of fused-ring (bicyclic) bond motifs is 1. The Hall–Kier alpha value is -5.11. The van der Waals surface area contributed by atoms with Crippen LogP contribution in [0.3, 0.4) is 0 Å². The fourth-order valence-corrected chi connectivity index (χ4v) is 5.31. The predicted octanol–water partition coefficient (Wildman–Crippen LogP) is 3.10. The molecule has 0 spiro atoms. The highest BCUT2D eigenvalue weighted by Crippen LogP contribution is 2.38. The molecule has 0 aliphatic carbocycles. The number of nitrogens with zero attached hydrogens (tertiary/aromatic N) is 5. The first-order valence-corrected chi connectivity index (χ1v) is 14.6. The van der Waals surface area contributed by atoms with Crippen molar-refractivity contribution in [3.8, 4) is 34.4 Å². The molecule has 236 valence electrons. The molecule has 2 aromatic heterocycles. The Labute approximate surface area is 259 Å². The number of hydrogen-bond donors (Lipinski definition) is 1. The van der Waals surface area contributed by atoms with Gasteiger partial charge in [-0.1, -0.05) is 0 Å². The van der Waals surface area contributed by atoms with Crippen LogP contribution in [0.1, 0.15) is 30.4 Å². The molecule has 14 heteroatoms. The van der Waals surface area contributed by atoms with Crippen LogP contribution in [-0.4, -0.2) is 78.7 Å². The lowest BCUT2D eigenvalue weighted by atomic mass is 10.1. The molecule has 0 radical (unpaired) electrons. The van der Waals surface area contributed by atoms with Crippen molar-refractivity contribution < 1.29 is 37.7 Å². The van der Waals surface area contributed by atoms with Crippen molar-refractivity contribution in [3.05, 3.63) is 60.1 Å². The summed E-state index contributed by atoms with van der Waals surface area (Å²) < 4.78 is 33.8. The highest BCUT2D eigenvalue weighted by molar-refractivity contribution is 6.01. The minimum Gasteiger partial charge on any atom is -0.493 e. The van der Waals surface area contributed by atoms with Crippen LogP contribution in [0.15, 0.2) is 52.9 Å². The van der Waals surface area contributed by atoms with E-state index in [0.717, 1.165) is 12.8 Å². The Morgan fingerprint density at radius 2 is 1.84 bits per heavy atom. The molecular weight excluding hydrogens is 584 g/mol. The van der Waals surface area contributed by atoms with Gasteiger partial charge >= 0.3 is 0 Å². The van der Waals surface area contributed by atoms with Gasteiger partial charge in [0.05, 0.1) is 20.3 Å². The van der Waals surface area contributed by atoms with Crippen LogP contribution in [0.4, 0.5) is 5.69 Å². The van der Waals surface area contributed by atoms with Crippen molar-refractivity contribution in [2.45, 2.75) is 38.5 Å². The van der Waals surface area contributed by atoms with Gasteiger partial charge in [0.1, 0.15) is 31.3 Å². The van der Waals surface area contributed by atoms with E-state index in [2.05, 4.69) is 20.7 Å². The van der Waals surface area contributed by atoms with Crippen molar-refractivity contribution in [2.75, 3.05) is 45.5 Å². The summed E-state index contributed by atoms with van der Waals surface area (Å²) in [6, 6.07) is 12.6. The molecule has 2 aliphatic rings. The summed E-state index contributed by atoms with van der Waals surface area (Å²) in [6.45, 7) is 3.17. The molecule has 2 amide bonds. The maximum Gasteiger partial charge on any atom is 0.251 e. The van der Waals surface area contributed by atoms with Gasteiger partial charge in [0.15, 0.2) is 29.0 Å². The molecule has 4 heterocycles. The number of hydrogen-bond acceptors (Lipinski definition) is 11. The van der Waals surface area contributed by atoms with Gasteiger partial charge in [-0.05, 0) is 67.4 Å². The summed E-state index contributed by atoms with van der Waals surface area (Å²) in [5.41, 5.74) is 1.02. The zero-order chi connectivity index (χ0) is 31.3. The van der Waals surface area contributed by atoms with Gasteiger partial charge in [-0.2, -0.15) is 4.80 Å². The van der Waals surface area contributed by atoms with Crippen molar-refractivity contribution in [1.82, 2.24) is 25.5 Å². The van der Waals surface area contributed by atoms with Crippen LogP contribution >= 0.6 is 0 Å². The Kier molecular flexibility index (Phi) is 8.82. The molecule has 1 N–H and O–H groups in total. The number of anilines is 1. The van der Waals surface area contributed by atoms with Crippen molar-refractivity contribution in [3.63, 3.8) is 0 Å². The van der Waals surface area contributed by atoms with Gasteiger partial charge in [0, 0.05) is 30.5 Å². The highest BCUT2D eigenvalue weighted by Gasteiger charge is 2.36. The van der Waals surface area contributed by atoms with Crippen LogP contribution < -0.4 is 29.2 Å². The first kappa shape index (κ1) is 29.9. The fourth-order valence-electron chi connectivity index (χ4n) is 5.31. The smallest absolute Gasteiger partial charge is 0.251 e. The Morgan fingerprint density at radius 1 is 1.02 bits per heavy atom. The third-order valence-electron chi connectivity index (χ3n) is 7.51. The Morgan fingerprint density at radius 3 is 2.58 bits per heavy atom. The third-order valence-corrected chi connectivity index (χ3v) is 7.51. The number of furan rings is 1. The van der Waals surface area contributed by atoms with Gasteiger partial charge < -0.3 is 33.4 Å². The quantitative estimate of drug-likeness (QED) is 0.264. The van der Waals surface area contributed by atoms with Crippen molar-refractivity contribution in [2.24, 2.45) is 0 Å².